The van der Waals surface area contributed by atoms with E-state index in [1.807, 2.05) is 14.1 Å². The summed E-state index contributed by atoms with van der Waals surface area (Å²) in [6, 6.07) is 4.68. The molecule has 0 aromatic heterocycles. The fourth-order valence-corrected chi connectivity index (χ4v) is 3.17. The predicted molar refractivity (Wildman–Crippen MR) is 91.2 cm³/mol. The zero-order valence-electron chi connectivity index (χ0n) is 10.9. The van der Waals surface area contributed by atoms with E-state index in [2.05, 4.69) is 0 Å². The fraction of sp³-hybridized carbons (Fsp3) is 0.143. The molecule has 7 heteroatoms. The lowest BCUT2D eigenvalue weighted by Crippen LogP contribution is -2.08. The van der Waals surface area contributed by atoms with Gasteiger partial charge in [-0.15, -0.1) is 0 Å². The number of hydrogen-bond acceptors (Lipinski definition) is 1. The largest absolute Gasteiger partial charge is 0.378 e. The molecule has 112 valence electrons. The molecule has 0 heterocycles. The maximum Gasteiger partial charge on any atom is 0.133 e. The maximum atomic E-state index is 14.4. The molecular formula is C14H9Cl5FN. The molecule has 0 unspecified atom stereocenters. The van der Waals surface area contributed by atoms with Gasteiger partial charge >= 0.3 is 0 Å². The summed E-state index contributed by atoms with van der Waals surface area (Å²) in [5.74, 6) is -0.487. The second-order valence-corrected chi connectivity index (χ2v) is 6.39. The van der Waals surface area contributed by atoms with E-state index in [9.17, 15) is 4.39 Å². The van der Waals surface area contributed by atoms with Crippen molar-refractivity contribution in [2.45, 2.75) is 0 Å². The van der Waals surface area contributed by atoms with Crippen LogP contribution in [-0.4, -0.2) is 14.1 Å². The van der Waals surface area contributed by atoms with Crippen LogP contribution in [0.1, 0.15) is 0 Å². The van der Waals surface area contributed by atoms with Crippen LogP contribution in [0.2, 0.25) is 25.1 Å². The molecule has 2 rings (SSSR count). The van der Waals surface area contributed by atoms with Gasteiger partial charge in [-0.3, -0.25) is 0 Å². The third-order valence-electron chi connectivity index (χ3n) is 2.95. The van der Waals surface area contributed by atoms with Gasteiger partial charge in [-0.2, -0.15) is 0 Å². The van der Waals surface area contributed by atoms with Gasteiger partial charge in [-0.25, -0.2) is 4.39 Å². The maximum absolute atomic E-state index is 14.4. The molecule has 0 saturated carbocycles. The molecule has 0 aliphatic rings. The molecule has 2 aromatic rings. The summed E-state index contributed by atoms with van der Waals surface area (Å²) in [7, 11) is 3.62. The first kappa shape index (κ1) is 17.0. The number of benzene rings is 2. The van der Waals surface area contributed by atoms with Crippen molar-refractivity contribution in [3.8, 4) is 11.1 Å². The summed E-state index contributed by atoms with van der Waals surface area (Å²) in [4.78, 5) is 1.78. The highest BCUT2D eigenvalue weighted by atomic mass is 35.5. The quantitative estimate of drug-likeness (QED) is 0.403. The summed E-state index contributed by atoms with van der Waals surface area (Å²) < 4.78 is 14.4. The molecule has 2 aromatic carbocycles. The molecule has 1 nitrogen and oxygen atoms in total. The highest BCUT2D eigenvalue weighted by Gasteiger charge is 2.22. The standard InChI is InChI=1S/C14H9Cl5FN/c1-21(2)6-3-4-7(8(20)5-6)9-10(15)12(17)14(19)13(18)11(9)16/h3-5H,1-2H3. The number of rotatable bonds is 2. The van der Waals surface area contributed by atoms with E-state index >= 15 is 0 Å². The van der Waals surface area contributed by atoms with Crippen LogP contribution in [0.3, 0.4) is 0 Å². The molecule has 0 aliphatic carbocycles. The lowest BCUT2D eigenvalue weighted by Gasteiger charge is -2.16. The second-order valence-electron chi connectivity index (χ2n) is 4.50. The van der Waals surface area contributed by atoms with Crippen molar-refractivity contribution in [3.63, 3.8) is 0 Å². The van der Waals surface area contributed by atoms with Crippen molar-refractivity contribution in [2.24, 2.45) is 0 Å². The van der Waals surface area contributed by atoms with Crippen LogP contribution in [0.5, 0.6) is 0 Å². The molecule has 0 spiro atoms. The molecule has 0 fully saturated rings. The Labute approximate surface area is 147 Å². The van der Waals surface area contributed by atoms with Crippen LogP contribution in [0.25, 0.3) is 11.1 Å². The lowest BCUT2D eigenvalue weighted by molar-refractivity contribution is 0.631. The monoisotopic (exact) mass is 385 g/mol. The average Bonchev–Trinajstić information content (AvgIpc) is 2.44. The van der Waals surface area contributed by atoms with Crippen LogP contribution >= 0.6 is 58.0 Å². The average molecular weight is 387 g/mol. The Hall–Kier alpha value is -0.380. The Balaban J connectivity index is 2.74. The summed E-state index contributed by atoms with van der Waals surface area (Å²) in [5, 5.41) is 0.250. The summed E-state index contributed by atoms with van der Waals surface area (Å²) >= 11 is 30.2. The topological polar surface area (TPSA) is 3.24 Å². The van der Waals surface area contributed by atoms with Crippen LogP contribution in [0.15, 0.2) is 18.2 Å². The Morgan fingerprint density at radius 3 is 1.71 bits per heavy atom. The normalized spacial score (nSPS) is 10.9. The fourth-order valence-electron chi connectivity index (χ4n) is 1.83. The predicted octanol–water partition coefficient (Wildman–Crippen LogP) is 6.83. The van der Waals surface area contributed by atoms with Crippen LogP contribution in [-0.2, 0) is 0 Å². The zero-order chi connectivity index (χ0) is 15.9. The first-order valence-corrected chi connectivity index (χ1v) is 7.63. The van der Waals surface area contributed by atoms with Gasteiger partial charge in [0.05, 0.1) is 25.1 Å². The lowest BCUT2D eigenvalue weighted by atomic mass is 10.0. The van der Waals surface area contributed by atoms with Gasteiger partial charge in [0.1, 0.15) is 5.82 Å². The summed E-state index contributed by atoms with van der Waals surface area (Å²) in [6.07, 6.45) is 0. The molecule has 0 N–H and O–H groups in total. The van der Waals surface area contributed by atoms with Gasteiger partial charge in [-0.1, -0.05) is 58.0 Å². The van der Waals surface area contributed by atoms with Crippen LogP contribution in [0, 0.1) is 5.82 Å². The smallest absolute Gasteiger partial charge is 0.133 e. The van der Waals surface area contributed by atoms with E-state index < -0.39 is 5.82 Å². The van der Waals surface area contributed by atoms with Crippen molar-refractivity contribution in [1.82, 2.24) is 0 Å². The van der Waals surface area contributed by atoms with Gasteiger partial charge in [0.15, 0.2) is 0 Å². The van der Waals surface area contributed by atoms with E-state index in [0.29, 0.717) is 5.69 Å². The minimum absolute atomic E-state index is 0.0406. The summed E-state index contributed by atoms with van der Waals surface area (Å²) in [5.41, 5.74) is 1.13. The number of halogens is 6. The number of anilines is 1. The van der Waals surface area contributed by atoms with E-state index in [1.165, 1.54) is 6.07 Å². The molecule has 0 amide bonds. The highest BCUT2D eigenvalue weighted by Crippen LogP contribution is 2.48. The van der Waals surface area contributed by atoms with Gasteiger partial charge in [-0.05, 0) is 18.2 Å². The third kappa shape index (κ3) is 3.06. The first-order chi connectivity index (χ1) is 9.75. The molecule has 0 saturated heterocycles. The zero-order valence-corrected chi connectivity index (χ0v) is 14.7. The van der Waals surface area contributed by atoms with E-state index in [1.54, 1.807) is 17.0 Å². The van der Waals surface area contributed by atoms with Crippen molar-refractivity contribution >= 4 is 63.7 Å². The van der Waals surface area contributed by atoms with Crippen molar-refractivity contribution in [1.29, 1.82) is 0 Å². The minimum atomic E-state index is -0.487. The molecule has 21 heavy (non-hydrogen) atoms. The Kier molecular flexibility index (Phi) is 5.17. The van der Waals surface area contributed by atoms with Crippen molar-refractivity contribution < 1.29 is 4.39 Å². The van der Waals surface area contributed by atoms with Crippen molar-refractivity contribution in [2.75, 3.05) is 19.0 Å². The van der Waals surface area contributed by atoms with E-state index in [0.717, 1.165) is 0 Å². The van der Waals surface area contributed by atoms with Crippen LogP contribution < -0.4 is 4.90 Å². The molecule has 0 bridgehead atoms. The van der Waals surface area contributed by atoms with Crippen molar-refractivity contribution in [3.05, 3.63) is 49.1 Å². The third-order valence-corrected chi connectivity index (χ3v) is 5.22. The number of hydrogen-bond donors (Lipinski definition) is 0. The van der Waals surface area contributed by atoms with Gasteiger partial charge in [0.2, 0.25) is 0 Å². The molecule has 0 atom stereocenters. The Morgan fingerprint density at radius 1 is 0.810 bits per heavy atom. The Morgan fingerprint density at radius 2 is 1.29 bits per heavy atom. The SMILES string of the molecule is CN(C)c1ccc(-c2c(Cl)c(Cl)c(Cl)c(Cl)c2Cl)c(F)c1. The van der Waals surface area contributed by atoms with Gasteiger partial charge in [0, 0.05) is 30.9 Å². The minimum Gasteiger partial charge on any atom is -0.378 e. The Bertz CT molecular complexity index is 686. The second kappa shape index (κ2) is 6.39. The van der Waals surface area contributed by atoms with Gasteiger partial charge in [0.25, 0.3) is 0 Å². The number of nitrogens with zero attached hydrogens (tertiary/aromatic N) is 1. The van der Waals surface area contributed by atoms with E-state index in [-0.39, 0.29) is 36.2 Å². The summed E-state index contributed by atoms with van der Waals surface area (Å²) in [6.45, 7) is 0. The molecule has 0 aliphatic heterocycles. The van der Waals surface area contributed by atoms with Gasteiger partial charge < -0.3 is 4.90 Å². The van der Waals surface area contributed by atoms with E-state index in [4.69, 9.17) is 58.0 Å². The highest BCUT2D eigenvalue weighted by molar-refractivity contribution is 6.56. The molecular weight excluding hydrogens is 378 g/mol. The first-order valence-electron chi connectivity index (χ1n) is 5.74. The molecule has 0 radical (unpaired) electrons. The van der Waals surface area contributed by atoms with Crippen LogP contribution in [0.4, 0.5) is 10.1 Å².